The second kappa shape index (κ2) is 5.61. The highest BCUT2D eigenvalue weighted by atomic mass is 32.2. The standard InChI is InChI=1S/C12H17NO3S2/c1-13-6-9-2-4-10(5-3-9)17-12-8-18(15,16)7-11(12)14/h2-5,11-14H,6-8H2,1H3. The van der Waals surface area contributed by atoms with Gasteiger partial charge in [0, 0.05) is 11.4 Å². The van der Waals surface area contributed by atoms with Crippen LogP contribution in [0.2, 0.25) is 0 Å². The van der Waals surface area contributed by atoms with Gasteiger partial charge in [0.25, 0.3) is 0 Å². The summed E-state index contributed by atoms with van der Waals surface area (Å²) in [4.78, 5) is 0.996. The summed E-state index contributed by atoms with van der Waals surface area (Å²) in [6.45, 7) is 0.811. The van der Waals surface area contributed by atoms with Crippen LogP contribution in [0, 0.1) is 0 Å². The average Bonchev–Trinajstić information content (AvgIpc) is 2.55. The van der Waals surface area contributed by atoms with Crippen molar-refractivity contribution < 1.29 is 13.5 Å². The monoisotopic (exact) mass is 287 g/mol. The summed E-state index contributed by atoms with van der Waals surface area (Å²) in [5.41, 5.74) is 1.18. The minimum Gasteiger partial charge on any atom is -0.391 e. The van der Waals surface area contributed by atoms with Crippen molar-refractivity contribution in [2.24, 2.45) is 0 Å². The summed E-state index contributed by atoms with van der Waals surface area (Å²) in [5, 5.41) is 12.5. The summed E-state index contributed by atoms with van der Waals surface area (Å²) in [7, 11) is -1.17. The largest absolute Gasteiger partial charge is 0.391 e. The lowest BCUT2D eigenvalue weighted by molar-refractivity contribution is 0.207. The molecule has 1 aromatic rings. The zero-order valence-corrected chi connectivity index (χ0v) is 11.8. The molecular weight excluding hydrogens is 270 g/mol. The molecule has 6 heteroatoms. The number of hydrogen-bond acceptors (Lipinski definition) is 5. The van der Waals surface area contributed by atoms with Gasteiger partial charge in [-0.2, -0.15) is 0 Å². The maximum absolute atomic E-state index is 11.4. The van der Waals surface area contributed by atoms with E-state index in [9.17, 15) is 13.5 Å². The Labute approximate surface area is 112 Å². The van der Waals surface area contributed by atoms with Crippen LogP contribution in [0.15, 0.2) is 29.2 Å². The number of aliphatic hydroxyl groups is 1. The van der Waals surface area contributed by atoms with Gasteiger partial charge in [-0.25, -0.2) is 8.42 Å². The molecule has 18 heavy (non-hydrogen) atoms. The van der Waals surface area contributed by atoms with Gasteiger partial charge in [-0.05, 0) is 24.7 Å². The Bertz CT molecular complexity index is 499. The van der Waals surface area contributed by atoms with E-state index in [1.165, 1.54) is 17.3 Å². The highest BCUT2D eigenvalue weighted by Crippen LogP contribution is 2.31. The fraction of sp³-hybridized carbons (Fsp3) is 0.500. The van der Waals surface area contributed by atoms with Crippen molar-refractivity contribution >= 4 is 21.6 Å². The summed E-state index contributed by atoms with van der Waals surface area (Å²) >= 11 is 1.44. The van der Waals surface area contributed by atoms with Crippen LogP contribution < -0.4 is 5.32 Å². The van der Waals surface area contributed by atoms with Crippen LogP contribution in [0.3, 0.4) is 0 Å². The number of rotatable bonds is 4. The summed E-state index contributed by atoms with van der Waals surface area (Å²) in [6.07, 6.45) is -0.753. The Balaban J connectivity index is 2.01. The lowest BCUT2D eigenvalue weighted by Crippen LogP contribution is -2.19. The molecule has 0 spiro atoms. The van der Waals surface area contributed by atoms with E-state index in [1.54, 1.807) is 0 Å². The van der Waals surface area contributed by atoms with Crippen LogP contribution >= 0.6 is 11.8 Å². The molecule has 2 N–H and O–H groups in total. The van der Waals surface area contributed by atoms with E-state index >= 15 is 0 Å². The van der Waals surface area contributed by atoms with Crippen molar-refractivity contribution in [3.8, 4) is 0 Å². The van der Waals surface area contributed by atoms with Gasteiger partial charge < -0.3 is 10.4 Å². The molecular formula is C12H17NO3S2. The average molecular weight is 287 g/mol. The molecule has 100 valence electrons. The molecule has 0 radical (unpaired) electrons. The lowest BCUT2D eigenvalue weighted by atomic mass is 10.2. The topological polar surface area (TPSA) is 66.4 Å². The molecule has 2 unspecified atom stereocenters. The third kappa shape index (κ3) is 3.47. The summed E-state index contributed by atoms with van der Waals surface area (Å²) in [6, 6.07) is 7.95. The fourth-order valence-electron chi connectivity index (χ4n) is 1.97. The van der Waals surface area contributed by atoms with E-state index in [0.29, 0.717) is 0 Å². The Morgan fingerprint density at radius 1 is 1.33 bits per heavy atom. The molecule has 0 bridgehead atoms. The SMILES string of the molecule is CNCc1ccc(SC2CS(=O)(=O)CC2O)cc1. The van der Waals surface area contributed by atoms with Crippen molar-refractivity contribution in [3.05, 3.63) is 29.8 Å². The first-order valence-corrected chi connectivity index (χ1v) is 8.49. The van der Waals surface area contributed by atoms with Gasteiger partial charge in [0.05, 0.1) is 22.9 Å². The lowest BCUT2D eigenvalue weighted by Gasteiger charge is -2.12. The third-order valence-electron chi connectivity index (χ3n) is 2.86. The molecule has 1 heterocycles. The molecule has 1 fully saturated rings. The molecule has 0 aromatic heterocycles. The Morgan fingerprint density at radius 3 is 2.50 bits per heavy atom. The van der Waals surface area contributed by atoms with Gasteiger partial charge in [0.15, 0.2) is 9.84 Å². The van der Waals surface area contributed by atoms with E-state index in [1.807, 2.05) is 31.3 Å². The first-order chi connectivity index (χ1) is 8.50. The highest BCUT2D eigenvalue weighted by Gasteiger charge is 2.36. The molecule has 2 atom stereocenters. The molecule has 1 saturated heterocycles. The highest BCUT2D eigenvalue weighted by molar-refractivity contribution is 8.02. The van der Waals surface area contributed by atoms with E-state index in [4.69, 9.17) is 0 Å². The molecule has 1 aliphatic heterocycles. The molecule has 1 aliphatic rings. The second-order valence-electron chi connectivity index (χ2n) is 4.47. The number of hydrogen-bond donors (Lipinski definition) is 2. The number of nitrogens with one attached hydrogen (secondary N) is 1. The number of benzene rings is 1. The number of thioether (sulfide) groups is 1. The third-order valence-corrected chi connectivity index (χ3v) is 6.12. The van der Waals surface area contributed by atoms with Crippen LogP contribution in [0.5, 0.6) is 0 Å². The smallest absolute Gasteiger partial charge is 0.154 e. The van der Waals surface area contributed by atoms with E-state index in [2.05, 4.69) is 5.32 Å². The van der Waals surface area contributed by atoms with Crippen molar-refractivity contribution in [3.63, 3.8) is 0 Å². The maximum atomic E-state index is 11.4. The van der Waals surface area contributed by atoms with Gasteiger partial charge in [-0.3, -0.25) is 0 Å². The van der Waals surface area contributed by atoms with Crippen molar-refractivity contribution in [1.29, 1.82) is 0 Å². The van der Waals surface area contributed by atoms with E-state index in [-0.39, 0.29) is 16.8 Å². The quantitative estimate of drug-likeness (QED) is 0.851. The van der Waals surface area contributed by atoms with E-state index < -0.39 is 15.9 Å². The van der Waals surface area contributed by atoms with Crippen molar-refractivity contribution in [1.82, 2.24) is 5.32 Å². The molecule has 1 aromatic carbocycles. The maximum Gasteiger partial charge on any atom is 0.154 e. The van der Waals surface area contributed by atoms with Gasteiger partial charge in [-0.15, -0.1) is 11.8 Å². The van der Waals surface area contributed by atoms with Crippen molar-refractivity contribution in [2.45, 2.75) is 22.8 Å². The minimum absolute atomic E-state index is 0.0666. The zero-order valence-electron chi connectivity index (χ0n) is 10.2. The van der Waals surface area contributed by atoms with Crippen LogP contribution in [0.4, 0.5) is 0 Å². The van der Waals surface area contributed by atoms with Gasteiger partial charge in [0.2, 0.25) is 0 Å². The summed E-state index contributed by atoms with van der Waals surface area (Å²) in [5.74, 6) is -0.0421. The second-order valence-corrected chi connectivity index (χ2v) is 7.94. The van der Waals surface area contributed by atoms with Gasteiger partial charge in [-0.1, -0.05) is 12.1 Å². The first kappa shape index (κ1) is 13.9. The zero-order chi connectivity index (χ0) is 13.2. The fourth-order valence-corrected chi connectivity index (χ4v) is 5.50. The predicted molar refractivity (Wildman–Crippen MR) is 73.5 cm³/mol. The predicted octanol–water partition coefficient (Wildman–Crippen LogP) is 0.656. The van der Waals surface area contributed by atoms with E-state index in [0.717, 1.165) is 11.4 Å². The molecule has 0 amide bonds. The molecule has 4 nitrogen and oxygen atoms in total. The number of sulfone groups is 1. The van der Waals surface area contributed by atoms with Gasteiger partial charge >= 0.3 is 0 Å². The van der Waals surface area contributed by atoms with Crippen LogP contribution in [-0.2, 0) is 16.4 Å². The summed E-state index contributed by atoms with van der Waals surface area (Å²) < 4.78 is 22.8. The molecule has 0 aliphatic carbocycles. The van der Waals surface area contributed by atoms with Crippen LogP contribution in [-0.4, -0.2) is 43.4 Å². The Morgan fingerprint density at radius 2 is 2.00 bits per heavy atom. The first-order valence-electron chi connectivity index (χ1n) is 5.79. The van der Waals surface area contributed by atoms with Gasteiger partial charge in [0.1, 0.15) is 0 Å². The van der Waals surface area contributed by atoms with Crippen LogP contribution in [0.1, 0.15) is 5.56 Å². The van der Waals surface area contributed by atoms with Crippen LogP contribution in [0.25, 0.3) is 0 Å². The Hall–Kier alpha value is -0.560. The minimum atomic E-state index is -3.06. The normalized spacial score (nSPS) is 26.3. The van der Waals surface area contributed by atoms with Crippen molar-refractivity contribution in [2.75, 3.05) is 18.6 Å². The number of aliphatic hydroxyl groups excluding tert-OH is 1. The molecule has 2 rings (SSSR count). The molecule has 0 saturated carbocycles. The Kier molecular flexibility index (Phi) is 4.32.